The number of fused-ring (bicyclic) bond motifs is 1. The summed E-state index contributed by atoms with van der Waals surface area (Å²) >= 11 is 0. The van der Waals surface area contributed by atoms with Gasteiger partial charge in [0, 0.05) is 28.8 Å². The summed E-state index contributed by atoms with van der Waals surface area (Å²) < 4.78 is 0. The lowest BCUT2D eigenvalue weighted by Gasteiger charge is -2.44. The minimum absolute atomic E-state index is 0.0492. The van der Waals surface area contributed by atoms with Crippen molar-refractivity contribution in [2.24, 2.45) is 5.41 Å². The Morgan fingerprint density at radius 1 is 0.857 bits per heavy atom. The summed E-state index contributed by atoms with van der Waals surface area (Å²) in [6.45, 7) is 18.9. The van der Waals surface area contributed by atoms with Crippen molar-refractivity contribution in [2.45, 2.75) is 97.8 Å². The van der Waals surface area contributed by atoms with Crippen LogP contribution in [0.3, 0.4) is 0 Å². The Kier molecular flexibility index (Phi) is 6.95. The number of nitrogens with zero attached hydrogens (tertiary/aromatic N) is 4. The molecule has 3 aliphatic rings. The number of aryl methyl sites for hydroxylation is 1. The lowest BCUT2D eigenvalue weighted by Crippen LogP contribution is -2.42. The zero-order valence-corrected chi connectivity index (χ0v) is 26.5. The van der Waals surface area contributed by atoms with E-state index in [-0.39, 0.29) is 22.2 Å². The molecule has 0 fully saturated rings. The topological polar surface area (TPSA) is 51.6 Å². The van der Waals surface area contributed by atoms with E-state index in [0.717, 1.165) is 54.2 Å². The number of rotatable bonds is 5. The van der Waals surface area contributed by atoms with Gasteiger partial charge in [0.05, 0.1) is 5.69 Å². The fourth-order valence-corrected chi connectivity index (χ4v) is 6.98. The van der Waals surface area contributed by atoms with E-state index in [1.807, 2.05) is 6.20 Å². The molecule has 4 nitrogen and oxygen atoms in total. The Labute approximate surface area is 251 Å². The summed E-state index contributed by atoms with van der Waals surface area (Å²) in [4.78, 5) is 20.0. The second kappa shape index (κ2) is 10.3. The fourth-order valence-electron chi connectivity index (χ4n) is 6.98. The molecule has 1 unspecified atom stereocenters. The van der Waals surface area contributed by atoms with E-state index >= 15 is 0 Å². The van der Waals surface area contributed by atoms with Gasteiger partial charge in [-0.25, -0.2) is 15.0 Å². The van der Waals surface area contributed by atoms with Gasteiger partial charge in [0.1, 0.15) is 5.82 Å². The summed E-state index contributed by atoms with van der Waals surface area (Å²) in [6, 6.07) is 9.16. The number of hydrogen-bond donors (Lipinski definition) is 0. The van der Waals surface area contributed by atoms with Gasteiger partial charge in [-0.1, -0.05) is 96.6 Å². The quantitative estimate of drug-likeness (QED) is 0.314. The summed E-state index contributed by atoms with van der Waals surface area (Å²) in [5, 5.41) is 0. The lowest BCUT2D eigenvalue weighted by molar-refractivity contribution is 0.125. The van der Waals surface area contributed by atoms with Gasteiger partial charge in [0.2, 0.25) is 0 Å². The first kappa shape index (κ1) is 28.5. The number of pyridine rings is 1. The molecule has 0 amide bonds. The van der Waals surface area contributed by atoms with Crippen molar-refractivity contribution in [3.63, 3.8) is 0 Å². The van der Waals surface area contributed by atoms with Crippen LogP contribution < -0.4 is 0 Å². The van der Waals surface area contributed by atoms with Gasteiger partial charge in [-0.3, -0.25) is 4.98 Å². The van der Waals surface area contributed by atoms with Crippen molar-refractivity contribution in [2.75, 3.05) is 0 Å². The number of allylic oxidation sites excluding steroid dienone is 8. The van der Waals surface area contributed by atoms with Crippen molar-refractivity contribution in [1.82, 2.24) is 19.9 Å². The SMILES string of the molecule is CCc1cc2c(cc1-c1ccc(-c3nc(C4=CCCC=C4)nc(C4CC=CC=C4C)n3)cn1)C(C)(C)C(C)(C)C2(C)C. The second-order valence-corrected chi connectivity index (χ2v) is 13.8. The van der Waals surface area contributed by atoms with Gasteiger partial charge in [-0.2, -0.15) is 0 Å². The summed E-state index contributed by atoms with van der Waals surface area (Å²) in [5.74, 6) is 2.42. The first-order chi connectivity index (χ1) is 20.0. The zero-order valence-electron chi connectivity index (χ0n) is 26.5. The smallest absolute Gasteiger partial charge is 0.165 e. The van der Waals surface area contributed by atoms with Gasteiger partial charge in [-0.15, -0.1) is 0 Å². The lowest BCUT2D eigenvalue weighted by atomic mass is 9.59. The number of benzene rings is 1. The molecule has 6 rings (SSSR count). The number of aromatic nitrogens is 4. The van der Waals surface area contributed by atoms with Crippen LogP contribution in [0.1, 0.15) is 109 Å². The molecule has 0 saturated carbocycles. The molecule has 0 N–H and O–H groups in total. The highest BCUT2D eigenvalue weighted by Gasteiger charge is 2.56. The molecule has 2 aromatic heterocycles. The molecule has 4 heteroatoms. The summed E-state index contributed by atoms with van der Waals surface area (Å²) in [6.07, 6.45) is 18.9. The molecule has 1 atom stereocenters. The Balaban J connectivity index is 1.42. The van der Waals surface area contributed by atoms with Crippen LogP contribution in [-0.2, 0) is 17.3 Å². The first-order valence-electron chi connectivity index (χ1n) is 15.6. The average molecular weight is 557 g/mol. The van der Waals surface area contributed by atoms with Gasteiger partial charge in [0.25, 0.3) is 0 Å². The van der Waals surface area contributed by atoms with E-state index in [1.54, 1.807) is 0 Å². The van der Waals surface area contributed by atoms with Crippen molar-refractivity contribution in [1.29, 1.82) is 0 Å². The Bertz CT molecular complexity index is 1660. The third-order valence-electron chi connectivity index (χ3n) is 11.0. The van der Waals surface area contributed by atoms with Crippen molar-refractivity contribution >= 4 is 5.57 Å². The van der Waals surface area contributed by atoms with Gasteiger partial charge >= 0.3 is 0 Å². The van der Waals surface area contributed by atoms with Crippen LogP contribution in [0.4, 0.5) is 0 Å². The zero-order chi connectivity index (χ0) is 29.9. The maximum atomic E-state index is 5.03. The van der Waals surface area contributed by atoms with Crippen molar-refractivity contribution < 1.29 is 0 Å². The molecular weight excluding hydrogens is 512 g/mol. The molecular formula is C38H44N4. The van der Waals surface area contributed by atoms with Crippen LogP contribution in [0.2, 0.25) is 0 Å². The standard InChI is InChI=1S/C38H44N4/c1-9-25-21-30-31(37(5,6)38(7,8)36(30,3)4)22-29(25)32-20-19-27(23-39-32)34-40-33(26-16-11-10-12-17-26)41-35(42-34)28-18-14-13-15-24(28)2/h11,13-17,19-23,28H,9-10,12,18H2,1-8H3. The highest BCUT2D eigenvalue weighted by Crippen LogP contribution is 2.62. The molecule has 1 aromatic carbocycles. The Morgan fingerprint density at radius 2 is 1.60 bits per heavy atom. The second-order valence-electron chi connectivity index (χ2n) is 13.8. The highest BCUT2D eigenvalue weighted by atomic mass is 15.0. The molecule has 0 spiro atoms. The van der Waals surface area contributed by atoms with Crippen molar-refractivity contribution in [3.8, 4) is 22.6 Å². The van der Waals surface area contributed by atoms with Gasteiger partial charge in [-0.05, 0) is 83.7 Å². The third-order valence-corrected chi connectivity index (χ3v) is 11.0. The Hall–Kier alpha value is -3.66. The molecule has 42 heavy (non-hydrogen) atoms. The van der Waals surface area contributed by atoms with Crippen LogP contribution in [-0.4, -0.2) is 19.9 Å². The summed E-state index contributed by atoms with van der Waals surface area (Å²) in [5.41, 5.74) is 10.0. The van der Waals surface area contributed by atoms with E-state index in [2.05, 4.69) is 116 Å². The normalized spacial score (nSPS) is 21.6. The van der Waals surface area contributed by atoms with E-state index in [1.165, 1.54) is 27.8 Å². The van der Waals surface area contributed by atoms with E-state index in [9.17, 15) is 0 Å². The van der Waals surface area contributed by atoms with Crippen LogP contribution in [0.25, 0.3) is 28.2 Å². The average Bonchev–Trinajstić information content (AvgIpc) is 3.10. The molecule has 0 saturated heterocycles. The monoisotopic (exact) mass is 556 g/mol. The molecule has 0 radical (unpaired) electrons. The van der Waals surface area contributed by atoms with E-state index in [0.29, 0.717) is 5.82 Å². The van der Waals surface area contributed by atoms with Crippen LogP contribution >= 0.6 is 0 Å². The van der Waals surface area contributed by atoms with E-state index < -0.39 is 0 Å². The number of hydrogen-bond acceptors (Lipinski definition) is 4. The predicted octanol–water partition coefficient (Wildman–Crippen LogP) is 9.48. The first-order valence-corrected chi connectivity index (χ1v) is 15.6. The molecule has 2 heterocycles. The maximum absolute atomic E-state index is 5.03. The van der Waals surface area contributed by atoms with Crippen LogP contribution in [0.5, 0.6) is 0 Å². The molecule has 3 aliphatic carbocycles. The summed E-state index contributed by atoms with van der Waals surface area (Å²) in [7, 11) is 0. The minimum atomic E-state index is 0.0492. The third kappa shape index (κ3) is 4.42. The van der Waals surface area contributed by atoms with Gasteiger partial charge < -0.3 is 0 Å². The Morgan fingerprint density at radius 3 is 2.24 bits per heavy atom. The molecule has 0 bridgehead atoms. The van der Waals surface area contributed by atoms with Crippen molar-refractivity contribution in [3.05, 3.63) is 101 Å². The molecule has 0 aliphatic heterocycles. The minimum Gasteiger partial charge on any atom is -0.255 e. The van der Waals surface area contributed by atoms with Gasteiger partial charge in [0.15, 0.2) is 11.6 Å². The van der Waals surface area contributed by atoms with Crippen LogP contribution in [0.15, 0.2) is 72.5 Å². The maximum Gasteiger partial charge on any atom is 0.165 e. The van der Waals surface area contributed by atoms with E-state index in [4.69, 9.17) is 19.9 Å². The fraction of sp³-hybridized carbons (Fsp3) is 0.421. The predicted molar refractivity (Wildman–Crippen MR) is 174 cm³/mol. The molecule has 216 valence electrons. The largest absolute Gasteiger partial charge is 0.255 e. The molecule has 3 aromatic rings. The highest BCUT2D eigenvalue weighted by molar-refractivity contribution is 5.73. The van der Waals surface area contributed by atoms with Crippen LogP contribution in [0, 0.1) is 5.41 Å².